The Morgan fingerprint density at radius 1 is 0.969 bits per heavy atom. The van der Waals surface area contributed by atoms with Crippen molar-refractivity contribution in [3.05, 3.63) is 89.2 Å². The molecule has 1 heterocycles. The molecule has 0 fully saturated rings. The van der Waals surface area contributed by atoms with Crippen LogP contribution >= 0.6 is 11.6 Å². The molecule has 8 nitrogen and oxygen atoms in total. The van der Waals surface area contributed by atoms with Crippen LogP contribution in [0.3, 0.4) is 0 Å². The second-order valence-corrected chi connectivity index (χ2v) is 8.63. The van der Waals surface area contributed by atoms with Gasteiger partial charge in [-0.2, -0.15) is 0 Å². The number of hydrogen-bond donors (Lipinski definition) is 2. The van der Waals surface area contributed by atoms with Crippen molar-refractivity contribution in [1.82, 2.24) is 10.2 Å². The Hall–Kier alpha value is -3.76. The van der Waals surface area contributed by atoms with Crippen LogP contribution in [-0.2, 0) is 10.0 Å². The summed E-state index contributed by atoms with van der Waals surface area (Å²) in [6, 6.07) is 16.8. The van der Waals surface area contributed by atoms with Gasteiger partial charge in [-0.25, -0.2) is 12.8 Å². The van der Waals surface area contributed by atoms with Gasteiger partial charge in [0.15, 0.2) is 0 Å². The summed E-state index contributed by atoms with van der Waals surface area (Å²) in [6.45, 7) is 0. The Labute approximate surface area is 187 Å². The molecule has 1 amide bonds. The molecule has 4 aromatic rings. The average Bonchev–Trinajstić information content (AvgIpc) is 3.23. The predicted octanol–water partition coefficient (Wildman–Crippen LogP) is 4.58. The van der Waals surface area contributed by atoms with E-state index in [0.717, 1.165) is 0 Å². The summed E-state index contributed by atoms with van der Waals surface area (Å²) in [4.78, 5) is 12.6. The van der Waals surface area contributed by atoms with Gasteiger partial charge in [0, 0.05) is 21.8 Å². The molecule has 0 atom stereocenters. The highest BCUT2D eigenvalue weighted by Gasteiger charge is 2.17. The first-order chi connectivity index (χ1) is 15.3. The van der Waals surface area contributed by atoms with E-state index in [2.05, 4.69) is 20.2 Å². The lowest BCUT2D eigenvalue weighted by Gasteiger charge is -2.09. The van der Waals surface area contributed by atoms with Crippen LogP contribution in [-0.4, -0.2) is 24.5 Å². The minimum Gasteiger partial charge on any atom is -0.403 e. The number of sulfonamides is 1. The van der Waals surface area contributed by atoms with Crippen molar-refractivity contribution in [3.63, 3.8) is 0 Å². The lowest BCUT2D eigenvalue weighted by molar-refractivity contribution is 0.102. The molecule has 0 unspecified atom stereocenters. The maximum absolute atomic E-state index is 13.0. The summed E-state index contributed by atoms with van der Waals surface area (Å²) in [5.74, 6) is -0.898. The molecule has 11 heteroatoms. The van der Waals surface area contributed by atoms with E-state index in [9.17, 15) is 17.6 Å². The number of hydrogen-bond acceptors (Lipinski definition) is 6. The minimum atomic E-state index is -3.87. The van der Waals surface area contributed by atoms with Crippen LogP contribution in [0.2, 0.25) is 5.02 Å². The SMILES string of the molecule is O=C(Nc1nnc(-c2ccc(F)cc2)o1)c1cccc(NS(=O)(=O)c2ccc(Cl)cc2)c1. The van der Waals surface area contributed by atoms with E-state index in [1.54, 1.807) is 0 Å². The highest BCUT2D eigenvalue weighted by atomic mass is 35.5. The van der Waals surface area contributed by atoms with Gasteiger partial charge in [-0.1, -0.05) is 22.8 Å². The second-order valence-electron chi connectivity index (χ2n) is 6.51. The zero-order valence-corrected chi connectivity index (χ0v) is 17.7. The fraction of sp³-hybridized carbons (Fsp3) is 0. The van der Waals surface area contributed by atoms with Crippen molar-refractivity contribution in [2.75, 3.05) is 10.0 Å². The van der Waals surface area contributed by atoms with Crippen LogP contribution in [0.4, 0.5) is 16.1 Å². The van der Waals surface area contributed by atoms with Crippen molar-refractivity contribution < 1.29 is 22.0 Å². The van der Waals surface area contributed by atoms with Gasteiger partial charge in [-0.3, -0.25) is 14.8 Å². The predicted molar refractivity (Wildman–Crippen MR) is 116 cm³/mol. The van der Waals surface area contributed by atoms with Gasteiger partial charge in [0.05, 0.1) is 4.90 Å². The topological polar surface area (TPSA) is 114 Å². The van der Waals surface area contributed by atoms with E-state index >= 15 is 0 Å². The first-order valence-electron chi connectivity index (χ1n) is 9.09. The molecule has 2 N–H and O–H groups in total. The Kier molecular flexibility index (Phi) is 5.89. The van der Waals surface area contributed by atoms with Crippen LogP contribution in [0.25, 0.3) is 11.5 Å². The van der Waals surface area contributed by atoms with E-state index in [4.69, 9.17) is 16.0 Å². The number of benzene rings is 3. The smallest absolute Gasteiger partial charge is 0.322 e. The number of nitrogens with zero attached hydrogens (tertiary/aromatic N) is 2. The zero-order valence-electron chi connectivity index (χ0n) is 16.1. The molecule has 3 aromatic carbocycles. The lowest BCUT2D eigenvalue weighted by atomic mass is 10.2. The molecule has 32 heavy (non-hydrogen) atoms. The number of nitrogens with one attached hydrogen (secondary N) is 2. The molecule has 0 aliphatic carbocycles. The molecule has 0 spiro atoms. The van der Waals surface area contributed by atoms with Gasteiger partial charge in [-0.05, 0) is 66.7 Å². The molecule has 162 valence electrons. The van der Waals surface area contributed by atoms with Crippen molar-refractivity contribution in [2.24, 2.45) is 0 Å². The van der Waals surface area contributed by atoms with Crippen molar-refractivity contribution >= 4 is 39.2 Å². The van der Waals surface area contributed by atoms with Crippen LogP contribution < -0.4 is 10.0 Å². The Bertz CT molecular complexity index is 1370. The molecule has 0 aliphatic heterocycles. The summed E-state index contributed by atoms with van der Waals surface area (Å²) < 4.78 is 45.9. The largest absolute Gasteiger partial charge is 0.403 e. The van der Waals surface area contributed by atoms with Crippen molar-refractivity contribution in [2.45, 2.75) is 4.90 Å². The lowest BCUT2D eigenvalue weighted by Crippen LogP contribution is -2.15. The summed E-state index contributed by atoms with van der Waals surface area (Å²) in [5.41, 5.74) is 0.825. The molecular weight excluding hydrogens is 459 g/mol. The maximum Gasteiger partial charge on any atom is 0.322 e. The highest BCUT2D eigenvalue weighted by Crippen LogP contribution is 2.22. The van der Waals surface area contributed by atoms with Crippen molar-refractivity contribution in [3.8, 4) is 11.5 Å². The first kappa shape index (κ1) is 21.5. The number of aromatic nitrogens is 2. The first-order valence-corrected chi connectivity index (χ1v) is 11.0. The highest BCUT2D eigenvalue weighted by molar-refractivity contribution is 7.92. The number of halogens is 2. The normalized spacial score (nSPS) is 11.2. The van der Waals surface area contributed by atoms with Crippen molar-refractivity contribution in [1.29, 1.82) is 0 Å². The average molecular weight is 473 g/mol. The third-order valence-electron chi connectivity index (χ3n) is 4.24. The molecule has 0 bridgehead atoms. The van der Waals surface area contributed by atoms with Crippen LogP contribution in [0.5, 0.6) is 0 Å². The number of anilines is 2. The fourth-order valence-electron chi connectivity index (χ4n) is 2.70. The molecule has 0 saturated carbocycles. The fourth-order valence-corrected chi connectivity index (χ4v) is 3.88. The number of amides is 1. The molecule has 0 saturated heterocycles. The Morgan fingerprint density at radius 3 is 2.41 bits per heavy atom. The van der Waals surface area contributed by atoms with E-state index in [-0.39, 0.29) is 28.1 Å². The van der Waals surface area contributed by atoms with Gasteiger partial charge >= 0.3 is 6.01 Å². The summed E-state index contributed by atoms with van der Waals surface area (Å²) in [5, 5.41) is 10.4. The number of carbonyl (C=O) groups is 1. The summed E-state index contributed by atoms with van der Waals surface area (Å²) >= 11 is 5.79. The van der Waals surface area contributed by atoms with E-state index in [1.165, 1.54) is 72.8 Å². The Balaban J connectivity index is 1.48. The molecule has 4 rings (SSSR count). The van der Waals surface area contributed by atoms with E-state index in [0.29, 0.717) is 10.6 Å². The number of carbonyl (C=O) groups excluding carboxylic acids is 1. The monoisotopic (exact) mass is 472 g/mol. The van der Waals surface area contributed by atoms with Gasteiger partial charge in [0.25, 0.3) is 15.9 Å². The molecular formula is C21H14ClFN4O4S. The van der Waals surface area contributed by atoms with E-state index in [1.807, 2.05) is 0 Å². The molecule has 1 aromatic heterocycles. The third-order valence-corrected chi connectivity index (χ3v) is 5.89. The third kappa shape index (κ3) is 4.93. The quantitative estimate of drug-likeness (QED) is 0.424. The second kappa shape index (κ2) is 8.77. The van der Waals surface area contributed by atoms with Crippen LogP contribution in [0.15, 0.2) is 82.1 Å². The minimum absolute atomic E-state index is 0.0240. The van der Waals surface area contributed by atoms with Gasteiger partial charge in [0.1, 0.15) is 5.82 Å². The molecule has 0 radical (unpaired) electrons. The maximum atomic E-state index is 13.0. The summed E-state index contributed by atoms with van der Waals surface area (Å²) in [7, 11) is -3.87. The summed E-state index contributed by atoms with van der Waals surface area (Å²) in [6.07, 6.45) is 0. The zero-order chi connectivity index (χ0) is 22.7. The van der Waals surface area contributed by atoms with Gasteiger partial charge in [0.2, 0.25) is 5.89 Å². The standard InChI is InChI=1S/C21H14ClFN4O4S/c22-15-6-10-18(11-7-15)32(29,30)27-17-3-1-2-14(12-17)19(28)24-21-26-25-20(31-21)13-4-8-16(23)9-5-13/h1-12,27H,(H,24,26,28). The number of rotatable bonds is 6. The Morgan fingerprint density at radius 2 is 1.69 bits per heavy atom. The molecule has 0 aliphatic rings. The van der Waals surface area contributed by atoms with Gasteiger partial charge < -0.3 is 4.42 Å². The van der Waals surface area contributed by atoms with Crippen LogP contribution in [0.1, 0.15) is 10.4 Å². The van der Waals surface area contributed by atoms with Crippen LogP contribution in [0, 0.1) is 5.82 Å². The van der Waals surface area contributed by atoms with E-state index < -0.39 is 21.7 Å². The van der Waals surface area contributed by atoms with Gasteiger partial charge in [-0.15, -0.1) is 5.10 Å².